The zero-order valence-corrected chi connectivity index (χ0v) is 9.95. The number of nitrogens with one attached hydrogen (secondary N) is 1. The molecule has 1 aromatic carbocycles. The van der Waals surface area contributed by atoms with E-state index in [1.807, 2.05) is 18.2 Å². The van der Waals surface area contributed by atoms with Crippen LogP contribution < -0.4 is 10.8 Å². The van der Waals surface area contributed by atoms with Crippen LogP contribution in [0.5, 0.6) is 0 Å². The number of carboxylic acid groups (broad SMARTS) is 1. The maximum absolute atomic E-state index is 10.6. The summed E-state index contributed by atoms with van der Waals surface area (Å²) in [6.07, 6.45) is 2.04. The predicted molar refractivity (Wildman–Crippen MR) is 62.7 cm³/mol. The van der Waals surface area contributed by atoms with E-state index < -0.39 is 12.0 Å². The van der Waals surface area contributed by atoms with Crippen LogP contribution in [-0.4, -0.2) is 17.0 Å². The average molecular weight is 282 g/mol. The van der Waals surface area contributed by atoms with E-state index in [0.717, 1.165) is 20.9 Å². The Morgan fingerprint density at radius 2 is 2.31 bits per heavy atom. The summed E-state index contributed by atoms with van der Waals surface area (Å²) in [6, 6.07) is 4.80. The Kier molecular flexibility index (Phi) is 2.98. The van der Waals surface area contributed by atoms with Crippen LogP contribution in [0.2, 0.25) is 0 Å². The average Bonchev–Trinajstić information content (AvgIpc) is 2.61. The van der Waals surface area contributed by atoms with Crippen LogP contribution in [-0.2, 0) is 11.2 Å². The normalized spacial score (nSPS) is 12.9. The first kappa shape index (κ1) is 11.2. The van der Waals surface area contributed by atoms with Gasteiger partial charge in [-0.25, -0.2) is 0 Å². The first-order valence-corrected chi connectivity index (χ1v) is 5.59. The number of hydrogen-bond acceptors (Lipinski definition) is 3. The Hall–Kier alpha value is -1.33. The molecule has 1 heterocycles. The van der Waals surface area contributed by atoms with Crippen molar-refractivity contribution in [3.63, 3.8) is 0 Å². The summed E-state index contributed by atoms with van der Waals surface area (Å²) < 4.78 is 0.947. The van der Waals surface area contributed by atoms with Gasteiger partial charge in [-0.05, 0) is 30.2 Å². The SMILES string of the molecule is NC(Cc1c[nH]c2ccc(Br)cc12)C(=O)[O-]. The van der Waals surface area contributed by atoms with Crippen molar-refractivity contribution < 1.29 is 9.90 Å². The minimum atomic E-state index is -1.23. The number of H-pyrrole nitrogens is 1. The molecule has 1 atom stereocenters. The number of carbonyl (C=O) groups excluding carboxylic acids is 1. The molecule has 2 aromatic rings. The molecule has 3 N–H and O–H groups in total. The molecule has 0 saturated heterocycles. The van der Waals surface area contributed by atoms with Crippen molar-refractivity contribution >= 4 is 32.8 Å². The highest BCUT2D eigenvalue weighted by Gasteiger charge is 2.09. The highest BCUT2D eigenvalue weighted by Crippen LogP contribution is 2.23. The van der Waals surface area contributed by atoms with Crippen molar-refractivity contribution in [2.24, 2.45) is 5.73 Å². The number of aromatic nitrogens is 1. The number of hydrogen-bond donors (Lipinski definition) is 2. The molecule has 0 radical (unpaired) electrons. The topological polar surface area (TPSA) is 81.9 Å². The second-order valence-corrected chi connectivity index (χ2v) is 4.55. The molecule has 0 spiro atoms. The molecule has 0 aliphatic carbocycles. The first-order valence-electron chi connectivity index (χ1n) is 4.80. The van der Waals surface area contributed by atoms with E-state index >= 15 is 0 Å². The van der Waals surface area contributed by atoms with Gasteiger partial charge in [-0.3, -0.25) is 0 Å². The first-order chi connectivity index (χ1) is 7.58. The van der Waals surface area contributed by atoms with E-state index in [-0.39, 0.29) is 6.42 Å². The third-order valence-corrected chi connectivity index (χ3v) is 2.97. The van der Waals surface area contributed by atoms with Gasteiger partial charge in [0.1, 0.15) is 0 Å². The van der Waals surface area contributed by atoms with Gasteiger partial charge < -0.3 is 20.6 Å². The maximum atomic E-state index is 10.6. The predicted octanol–water partition coefficient (Wildman–Crippen LogP) is 0.550. The van der Waals surface area contributed by atoms with Gasteiger partial charge in [-0.15, -0.1) is 0 Å². The molecule has 1 aromatic heterocycles. The smallest absolute Gasteiger partial charge is 0.0585 e. The lowest BCUT2D eigenvalue weighted by Gasteiger charge is -2.11. The molecular weight excluding hydrogens is 272 g/mol. The zero-order valence-electron chi connectivity index (χ0n) is 8.37. The second kappa shape index (κ2) is 4.27. The van der Waals surface area contributed by atoms with Crippen molar-refractivity contribution in [3.8, 4) is 0 Å². The van der Waals surface area contributed by atoms with Gasteiger partial charge in [0.2, 0.25) is 0 Å². The van der Waals surface area contributed by atoms with Crippen molar-refractivity contribution in [1.29, 1.82) is 0 Å². The number of carbonyl (C=O) groups is 1. The monoisotopic (exact) mass is 281 g/mol. The van der Waals surface area contributed by atoms with Crippen molar-refractivity contribution in [2.45, 2.75) is 12.5 Å². The van der Waals surface area contributed by atoms with Gasteiger partial charge >= 0.3 is 0 Å². The van der Waals surface area contributed by atoms with Gasteiger partial charge in [-0.1, -0.05) is 15.9 Å². The third kappa shape index (κ3) is 2.10. The largest absolute Gasteiger partial charge is 0.548 e. The molecule has 0 saturated carbocycles. The van der Waals surface area contributed by atoms with E-state index in [1.54, 1.807) is 6.20 Å². The molecule has 4 nitrogen and oxygen atoms in total. The summed E-state index contributed by atoms with van der Waals surface area (Å²) in [4.78, 5) is 13.6. The fourth-order valence-electron chi connectivity index (χ4n) is 1.64. The van der Waals surface area contributed by atoms with Gasteiger partial charge in [-0.2, -0.15) is 0 Å². The second-order valence-electron chi connectivity index (χ2n) is 3.63. The number of rotatable bonds is 3. The molecule has 0 aliphatic rings. The van der Waals surface area contributed by atoms with Gasteiger partial charge in [0.15, 0.2) is 0 Å². The minimum Gasteiger partial charge on any atom is -0.548 e. The summed E-state index contributed by atoms with van der Waals surface area (Å²) in [5.41, 5.74) is 7.29. The molecular formula is C11H10BrN2O2-. The van der Waals surface area contributed by atoms with E-state index in [9.17, 15) is 9.90 Å². The Morgan fingerprint density at radius 3 is 3.00 bits per heavy atom. The van der Waals surface area contributed by atoms with Crippen LogP contribution >= 0.6 is 15.9 Å². The Morgan fingerprint density at radius 1 is 1.56 bits per heavy atom. The number of aliphatic carboxylic acids is 1. The highest BCUT2D eigenvalue weighted by molar-refractivity contribution is 9.10. The van der Waals surface area contributed by atoms with E-state index in [4.69, 9.17) is 5.73 Å². The molecule has 1 unspecified atom stereocenters. The summed E-state index contributed by atoms with van der Waals surface area (Å²) in [6.45, 7) is 0. The molecule has 0 aliphatic heterocycles. The fourth-order valence-corrected chi connectivity index (χ4v) is 2.00. The summed E-state index contributed by atoms with van der Waals surface area (Å²) >= 11 is 3.37. The number of aromatic amines is 1. The standard InChI is InChI=1S/C11H11BrN2O2/c12-7-1-2-10-8(4-7)6(5-14-10)3-9(13)11(15)16/h1-2,4-5,9,14H,3,13H2,(H,15,16)/p-1. The van der Waals surface area contributed by atoms with E-state index in [0.29, 0.717) is 0 Å². The number of carboxylic acids is 1. The minimum absolute atomic E-state index is 0.263. The van der Waals surface area contributed by atoms with Crippen LogP contribution in [0.4, 0.5) is 0 Å². The summed E-state index contributed by atoms with van der Waals surface area (Å²) in [5, 5.41) is 11.6. The summed E-state index contributed by atoms with van der Waals surface area (Å²) in [7, 11) is 0. The molecule has 0 bridgehead atoms. The van der Waals surface area contributed by atoms with Crippen LogP contribution in [0, 0.1) is 0 Å². The number of nitrogens with two attached hydrogens (primary N) is 1. The molecule has 2 rings (SSSR count). The molecule has 16 heavy (non-hydrogen) atoms. The third-order valence-electron chi connectivity index (χ3n) is 2.47. The molecule has 0 amide bonds. The summed E-state index contributed by atoms with van der Waals surface area (Å²) in [5.74, 6) is -1.23. The van der Waals surface area contributed by atoms with Crippen molar-refractivity contribution in [2.75, 3.05) is 0 Å². The van der Waals surface area contributed by atoms with E-state index in [1.165, 1.54) is 0 Å². The van der Waals surface area contributed by atoms with Crippen LogP contribution in [0.15, 0.2) is 28.9 Å². The maximum Gasteiger partial charge on any atom is 0.0585 e. The zero-order chi connectivity index (χ0) is 11.7. The van der Waals surface area contributed by atoms with Crippen molar-refractivity contribution in [1.82, 2.24) is 4.98 Å². The molecule has 0 fully saturated rings. The van der Waals surface area contributed by atoms with Crippen LogP contribution in [0.25, 0.3) is 10.9 Å². The van der Waals surface area contributed by atoms with Crippen LogP contribution in [0.1, 0.15) is 5.56 Å². The van der Waals surface area contributed by atoms with Crippen molar-refractivity contribution in [3.05, 3.63) is 34.4 Å². The van der Waals surface area contributed by atoms with Crippen LogP contribution in [0.3, 0.4) is 0 Å². The van der Waals surface area contributed by atoms with Gasteiger partial charge in [0.05, 0.1) is 5.97 Å². The number of benzene rings is 1. The van der Waals surface area contributed by atoms with Gasteiger partial charge in [0.25, 0.3) is 0 Å². The molecule has 5 heteroatoms. The molecule has 84 valence electrons. The lowest BCUT2D eigenvalue weighted by atomic mass is 10.1. The lowest BCUT2D eigenvalue weighted by molar-refractivity contribution is -0.307. The van der Waals surface area contributed by atoms with Gasteiger partial charge in [0, 0.05) is 27.6 Å². The number of fused-ring (bicyclic) bond motifs is 1. The Balaban J connectivity index is 2.37. The van der Waals surface area contributed by atoms with E-state index in [2.05, 4.69) is 20.9 Å². The Bertz CT molecular complexity index is 536. The highest BCUT2D eigenvalue weighted by atomic mass is 79.9. The Labute approximate surface area is 101 Å². The number of halogens is 1. The lowest BCUT2D eigenvalue weighted by Crippen LogP contribution is -2.43. The quantitative estimate of drug-likeness (QED) is 0.862. The fraction of sp³-hybridized carbons (Fsp3) is 0.182.